The van der Waals surface area contributed by atoms with Crippen LogP contribution in [0, 0.1) is 0 Å². The molecule has 0 fully saturated rings. The summed E-state index contributed by atoms with van der Waals surface area (Å²) < 4.78 is 16.0. The number of fused-ring (bicyclic) bond motifs is 1. The predicted molar refractivity (Wildman–Crippen MR) is 67.3 cm³/mol. The molecule has 0 aliphatic carbocycles. The van der Waals surface area contributed by atoms with Crippen molar-refractivity contribution in [3.63, 3.8) is 0 Å². The van der Waals surface area contributed by atoms with E-state index in [-0.39, 0.29) is 5.97 Å². The lowest BCUT2D eigenvalue weighted by atomic mass is 10.4. The smallest absolute Gasteiger partial charge is 0.354 e. The number of nitrogens with zero attached hydrogens (tertiary/aromatic N) is 1. The Labute approximate surface area is 108 Å². The Morgan fingerprint density at radius 2 is 2.33 bits per heavy atom. The second-order valence-corrected chi connectivity index (χ2v) is 4.43. The molecule has 0 saturated heterocycles. The number of thiazole rings is 1. The summed E-state index contributed by atoms with van der Waals surface area (Å²) in [7, 11) is 1.61. The van der Waals surface area contributed by atoms with Gasteiger partial charge in [0.05, 0.1) is 17.9 Å². The van der Waals surface area contributed by atoms with Crippen LogP contribution in [0.5, 0.6) is 5.19 Å². The Morgan fingerprint density at radius 1 is 1.50 bits per heavy atom. The van der Waals surface area contributed by atoms with Crippen molar-refractivity contribution in [1.29, 1.82) is 0 Å². The maximum absolute atomic E-state index is 11.5. The van der Waals surface area contributed by atoms with Crippen molar-refractivity contribution >= 4 is 27.7 Å². The highest BCUT2D eigenvalue weighted by Gasteiger charge is 2.14. The van der Waals surface area contributed by atoms with E-state index in [1.54, 1.807) is 20.1 Å². The first-order valence-corrected chi connectivity index (χ1v) is 6.34. The summed E-state index contributed by atoms with van der Waals surface area (Å²) in [4.78, 5) is 18.6. The zero-order chi connectivity index (χ0) is 13.0. The number of H-pyrrole nitrogens is 1. The minimum Gasteiger partial charge on any atom is -0.468 e. The van der Waals surface area contributed by atoms with E-state index in [0.29, 0.717) is 36.4 Å². The number of hydrogen-bond donors (Lipinski definition) is 1. The maximum Gasteiger partial charge on any atom is 0.354 e. The van der Waals surface area contributed by atoms with Crippen LogP contribution in [0.15, 0.2) is 6.07 Å². The van der Waals surface area contributed by atoms with Crippen LogP contribution in [0.25, 0.3) is 10.3 Å². The van der Waals surface area contributed by atoms with E-state index in [9.17, 15) is 4.79 Å². The summed E-state index contributed by atoms with van der Waals surface area (Å²) in [5, 5.41) is 0.559. The van der Waals surface area contributed by atoms with E-state index in [4.69, 9.17) is 14.2 Å². The summed E-state index contributed by atoms with van der Waals surface area (Å²) in [6, 6.07) is 1.72. The topological polar surface area (TPSA) is 73.4 Å². The molecular formula is C11H14N2O4S. The molecule has 0 bridgehead atoms. The van der Waals surface area contributed by atoms with Crippen LogP contribution in [0.1, 0.15) is 17.4 Å². The lowest BCUT2D eigenvalue weighted by Gasteiger charge is -1.99. The molecule has 0 spiro atoms. The average molecular weight is 270 g/mol. The van der Waals surface area contributed by atoms with Gasteiger partial charge in [0.25, 0.3) is 5.19 Å². The molecule has 7 heteroatoms. The van der Waals surface area contributed by atoms with Crippen LogP contribution >= 0.6 is 11.3 Å². The molecule has 0 saturated carbocycles. The number of ether oxygens (including phenoxy) is 3. The minimum atomic E-state index is -0.371. The molecule has 0 unspecified atom stereocenters. The number of hydrogen-bond acceptors (Lipinski definition) is 6. The summed E-state index contributed by atoms with van der Waals surface area (Å²) >= 11 is 1.38. The van der Waals surface area contributed by atoms with E-state index in [2.05, 4.69) is 9.97 Å². The maximum atomic E-state index is 11.5. The molecule has 2 heterocycles. The first-order valence-electron chi connectivity index (χ1n) is 5.53. The van der Waals surface area contributed by atoms with E-state index in [1.807, 2.05) is 0 Å². The highest BCUT2D eigenvalue weighted by molar-refractivity contribution is 7.20. The molecule has 98 valence electrons. The molecule has 2 aromatic rings. The van der Waals surface area contributed by atoms with Gasteiger partial charge in [-0.05, 0) is 13.0 Å². The van der Waals surface area contributed by atoms with E-state index < -0.39 is 0 Å². The van der Waals surface area contributed by atoms with Gasteiger partial charge in [-0.3, -0.25) is 0 Å². The van der Waals surface area contributed by atoms with Crippen LogP contribution < -0.4 is 4.74 Å². The Morgan fingerprint density at radius 3 is 3.00 bits per heavy atom. The normalized spacial score (nSPS) is 10.8. The fourth-order valence-electron chi connectivity index (χ4n) is 1.39. The number of nitrogens with one attached hydrogen (secondary N) is 1. The van der Waals surface area contributed by atoms with Gasteiger partial charge in [-0.2, -0.15) is 4.98 Å². The minimum absolute atomic E-state index is 0.351. The summed E-state index contributed by atoms with van der Waals surface area (Å²) in [6.45, 7) is 3.09. The number of rotatable bonds is 6. The summed E-state index contributed by atoms with van der Waals surface area (Å²) in [6.07, 6.45) is 0. The summed E-state index contributed by atoms with van der Waals surface area (Å²) in [5.74, 6) is -0.371. The standard InChI is InChI=1S/C11H14N2O4S/c1-3-16-10(14)7-6-8-9(12-7)13-11(18-8)17-5-4-15-2/h6,12H,3-5H2,1-2H3. The molecule has 0 radical (unpaired) electrons. The highest BCUT2D eigenvalue weighted by Crippen LogP contribution is 2.28. The number of aromatic nitrogens is 2. The third-order valence-corrected chi connectivity index (χ3v) is 3.09. The van der Waals surface area contributed by atoms with E-state index >= 15 is 0 Å². The molecule has 2 aromatic heterocycles. The number of carbonyl (C=O) groups is 1. The quantitative estimate of drug-likeness (QED) is 0.640. The number of carbonyl (C=O) groups excluding carboxylic acids is 1. The van der Waals surface area contributed by atoms with Gasteiger partial charge in [0.15, 0.2) is 5.65 Å². The van der Waals surface area contributed by atoms with Gasteiger partial charge >= 0.3 is 5.97 Å². The Bertz CT molecular complexity index is 503. The third kappa shape index (κ3) is 2.80. The van der Waals surface area contributed by atoms with E-state index in [1.165, 1.54) is 11.3 Å². The lowest BCUT2D eigenvalue weighted by molar-refractivity contribution is 0.0520. The van der Waals surface area contributed by atoms with Crippen molar-refractivity contribution in [3.05, 3.63) is 11.8 Å². The van der Waals surface area contributed by atoms with Gasteiger partial charge in [-0.25, -0.2) is 4.79 Å². The van der Waals surface area contributed by atoms with Crippen molar-refractivity contribution in [2.75, 3.05) is 26.9 Å². The van der Waals surface area contributed by atoms with Crippen LogP contribution in [0.4, 0.5) is 0 Å². The molecule has 0 aliphatic heterocycles. The number of aromatic amines is 1. The van der Waals surface area contributed by atoms with Crippen molar-refractivity contribution in [2.24, 2.45) is 0 Å². The SMILES string of the molecule is CCOC(=O)c1cc2sc(OCCOC)nc2[nH]1. The van der Waals surface area contributed by atoms with Crippen molar-refractivity contribution in [2.45, 2.75) is 6.92 Å². The molecule has 1 N–H and O–H groups in total. The largest absolute Gasteiger partial charge is 0.468 e. The molecule has 0 atom stereocenters. The highest BCUT2D eigenvalue weighted by atomic mass is 32.1. The molecule has 2 rings (SSSR count). The van der Waals surface area contributed by atoms with Crippen LogP contribution in [-0.4, -0.2) is 42.9 Å². The van der Waals surface area contributed by atoms with Crippen LogP contribution in [0.2, 0.25) is 0 Å². The third-order valence-electron chi connectivity index (χ3n) is 2.17. The fourth-order valence-corrected chi connectivity index (χ4v) is 2.22. The second kappa shape index (κ2) is 5.83. The first kappa shape index (κ1) is 12.8. The van der Waals surface area contributed by atoms with Crippen molar-refractivity contribution < 1.29 is 19.0 Å². The molecule has 6 nitrogen and oxygen atoms in total. The zero-order valence-electron chi connectivity index (χ0n) is 10.2. The first-order chi connectivity index (χ1) is 8.74. The van der Waals surface area contributed by atoms with Gasteiger partial charge in [0.1, 0.15) is 12.3 Å². The Hall–Kier alpha value is -1.60. The molecule has 0 aliphatic rings. The Balaban J connectivity index is 2.07. The van der Waals surface area contributed by atoms with Crippen LogP contribution in [-0.2, 0) is 9.47 Å². The predicted octanol–water partition coefficient (Wildman–Crippen LogP) is 1.83. The van der Waals surface area contributed by atoms with E-state index in [0.717, 1.165) is 4.70 Å². The van der Waals surface area contributed by atoms with Crippen molar-refractivity contribution in [3.8, 4) is 5.19 Å². The van der Waals surface area contributed by atoms with Gasteiger partial charge in [0, 0.05) is 7.11 Å². The van der Waals surface area contributed by atoms with Crippen LogP contribution in [0.3, 0.4) is 0 Å². The van der Waals surface area contributed by atoms with Gasteiger partial charge in [0.2, 0.25) is 0 Å². The zero-order valence-corrected chi connectivity index (χ0v) is 11.0. The van der Waals surface area contributed by atoms with Gasteiger partial charge in [-0.1, -0.05) is 11.3 Å². The monoisotopic (exact) mass is 270 g/mol. The second-order valence-electron chi connectivity index (χ2n) is 3.44. The van der Waals surface area contributed by atoms with Gasteiger partial charge in [-0.15, -0.1) is 0 Å². The summed E-state index contributed by atoms with van der Waals surface area (Å²) in [5.41, 5.74) is 1.05. The molecule has 0 amide bonds. The average Bonchev–Trinajstić information content (AvgIpc) is 2.87. The number of methoxy groups -OCH3 is 1. The molecular weight excluding hydrogens is 256 g/mol. The number of esters is 1. The molecule has 0 aromatic carbocycles. The lowest BCUT2D eigenvalue weighted by Crippen LogP contribution is -2.05. The fraction of sp³-hybridized carbons (Fsp3) is 0.455. The Kier molecular flexibility index (Phi) is 4.16. The van der Waals surface area contributed by atoms with Crippen molar-refractivity contribution in [1.82, 2.24) is 9.97 Å². The van der Waals surface area contributed by atoms with Gasteiger partial charge < -0.3 is 19.2 Å². The molecule has 18 heavy (non-hydrogen) atoms.